The number of benzene rings is 14. The molecular formula is C85H56N2. The average molecular weight is 1110 g/mol. The maximum Gasteiger partial charge on any atom is 0.0713 e. The van der Waals surface area contributed by atoms with Gasteiger partial charge in [0.25, 0.3) is 0 Å². The van der Waals surface area contributed by atoms with Gasteiger partial charge in [0.15, 0.2) is 0 Å². The monoisotopic (exact) mass is 1100 g/mol. The highest BCUT2D eigenvalue weighted by atomic mass is 15.0. The smallest absolute Gasteiger partial charge is 0.0713 e. The Morgan fingerprint density at radius 3 is 1.05 bits per heavy atom. The molecule has 0 saturated heterocycles. The molecule has 2 nitrogen and oxygen atoms in total. The van der Waals surface area contributed by atoms with E-state index in [9.17, 15) is 0 Å². The first kappa shape index (κ1) is 50.2. The molecule has 0 amide bonds. The minimum Gasteiger partial charge on any atom is -0.309 e. The standard InChI is InChI=1S/C85H56N2/c1-3-19-57(20-4-1)62-21-15-22-63(51-62)65-24-17-27-70(53-65)85(79-35-11-7-31-73(79)74-32-8-12-36-80(74)85)69-26-16-23-64(52-69)60-43-39-58(40-44-60)59-41-45-61(46-42-59)66-25-18-30-72(54-66)87-82-38-14-10-34-76(82)78-56-68(48-50-84(78)87)67-47-49-83-77(55-67)75-33-9-13-37-81(75)86(83)71-28-5-2-6-29-71/h1-56H. The van der Waals surface area contributed by atoms with Gasteiger partial charge in [-0.15, -0.1) is 0 Å². The molecular weight excluding hydrogens is 1050 g/mol. The van der Waals surface area contributed by atoms with E-state index in [2.05, 4.69) is 349 Å². The molecule has 0 bridgehead atoms. The molecule has 2 heterocycles. The third kappa shape index (κ3) is 8.25. The Morgan fingerprint density at radius 1 is 0.184 bits per heavy atom. The van der Waals surface area contributed by atoms with E-state index in [1.807, 2.05) is 0 Å². The fraction of sp³-hybridized carbons (Fsp3) is 0.0118. The van der Waals surface area contributed by atoms with Crippen molar-refractivity contribution in [3.05, 3.63) is 362 Å². The predicted molar refractivity (Wildman–Crippen MR) is 365 cm³/mol. The second-order valence-corrected chi connectivity index (χ2v) is 23.2. The molecule has 0 unspecified atom stereocenters. The van der Waals surface area contributed by atoms with Gasteiger partial charge in [0.05, 0.1) is 27.5 Å². The summed E-state index contributed by atoms with van der Waals surface area (Å²) in [5, 5.41) is 4.98. The molecule has 0 radical (unpaired) electrons. The molecule has 17 rings (SSSR count). The van der Waals surface area contributed by atoms with Crippen LogP contribution in [0.4, 0.5) is 0 Å². The minimum atomic E-state index is -0.546. The molecule has 0 N–H and O–H groups in total. The van der Waals surface area contributed by atoms with Gasteiger partial charge in [0.2, 0.25) is 0 Å². The summed E-state index contributed by atoms with van der Waals surface area (Å²) in [5.74, 6) is 0. The highest BCUT2D eigenvalue weighted by Crippen LogP contribution is 2.57. The summed E-state index contributed by atoms with van der Waals surface area (Å²) >= 11 is 0. The van der Waals surface area contributed by atoms with E-state index >= 15 is 0 Å². The fourth-order valence-electron chi connectivity index (χ4n) is 14.4. The van der Waals surface area contributed by atoms with E-state index in [-0.39, 0.29) is 0 Å². The molecule has 0 atom stereocenters. The van der Waals surface area contributed by atoms with Crippen LogP contribution in [-0.4, -0.2) is 9.13 Å². The van der Waals surface area contributed by atoms with E-state index in [0.29, 0.717) is 0 Å². The summed E-state index contributed by atoms with van der Waals surface area (Å²) < 4.78 is 4.81. The van der Waals surface area contributed by atoms with Crippen LogP contribution in [0.5, 0.6) is 0 Å². The maximum atomic E-state index is 2.43. The summed E-state index contributed by atoms with van der Waals surface area (Å²) in [6, 6.07) is 126. The first-order valence-corrected chi connectivity index (χ1v) is 30.1. The second kappa shape index (κ2) is 20.5. The van der Waals surface area contributed by atoms with Gasteiger partial charge in [-0.25, -0.2) is 0 Å². The lowest BCUT2D eigenvalue weighted by molar-refractivity contribution is 0.769. The van der Waals surface area contributed by atoms with Crippen molar-refractivity contribution in [2.75, 3.05) is 0 Å². The molecule has 0 aliphatic heterocycles. The van der Waals surface area contributed by atoms with Crippen molar-refractivity contribution >= 4 is 43.6 Å². The normalized spacial score (nSPS) is 12.5. The lowest BCUT2D eigenvalue weighted by atomic mass is 9.67. The number of hydrogen-bond acceptors (Lipinski definition) is 0. The lowest BCUT2D eigenvalue weighted by Crippen LogP contribution is -2.28. The molecule has 0 fully saturated rings. The quantitative estimate of drug-likeness (QED) is 0.129. The van der Waals surface area contributed by atoms with Gasteiger partial charge in [-0.1, -0.05) is 261 Å². The van der Waals surface area contributed by atoms with Crippen LogP contribution < -0.4 is 0 Å². The molecule has 406 valence electrons. The first-order valence-electron chi connectivity index (χ1n) is 30.1. The van der Waals surface area contributed by atoms with Gasteiger partial charge < -0.3 is 9.13 Å². The number of aromatic nitrogens is 2. The van der Waals surface area contributed by atoms with Crippen LogP contribution in [0.3, 0.4) is 0 Å². The third-order valence-electron chi connectivity index (χ3n) is 18.4. The Labute approximate surface area is 506 Å². The zero-order valence-corrected chi connectivity index (χ0v) is 47.7. The van der Waals surface area contributed by atoms with Gasteiger partial charge in [0.1, 0.15) is 0 Å². The maximum absolute atomic E-state index is 2.43. The predicted octanol–water partition coefficient (Wildman–Crippen LogP) is 22.2. The number of fused-ring (bicyclic) bond motifs is 9. The lowest BCUT2D eigenvalue weighted by Gasteiger charge is -2.34. The van der Waals surface area contributed by atoms with Crippen LogP contribution in [0.25, 0.3) is 133 Å². The zero-order chi connectivity index (χ0) is 57.4. The fourth-order valence-corrected chi connectivity index (χ4v) is 14.4. The summed E-state index contributed by atoms with van der Waals surface area (Å²) in [4.78, 5) is 0. The van der Waals surface area contributed by atoms with Crippen LogP contribution in [0.2, 0.25) is 0 Å². The minimum absolute atomic E-state index is 0.546. The molecule has 1 aliphatic rings. The zero-order valence-electron chi connectivity index (χ0n) is 47.7. The van der Waals surface area contributed by atoms with Crippen LogP contribution in [0.1, 0.15) is 22.3 Å². The molecule has 1 aliphatic carbocycles. The van der Waals surface area contributed by atoms with E-state index in [0.717, 1.165) is 5.69 Å². The summed E-state index contributed by atoms with van der Waals surface area (Å²) in [5.41, 5.74) is 28.5. The van der Waals surface area contributed by atoms with Gasteiger partial charge in [-0.05, 0) is 179 Å². The topological polar surface area (TPSA) is 9.86 Å². The largest absolute Gasteiger partial charge is 0.309 e. The summed E-state index contributed by atoms with van der Waals surface area (Å²) in [6.45, 7) is 0. The van der Waals surface area contributed by atoms with Crippen molar-refractivity contribution in [1.82, 2.24) is 9.13 Å². The average Bonchev–Trinajstić information content (AvgIpc) is 1.63. The molecule has 2 heteroatoms. The number of nitrogens with zero attached hydrogens (tertiary/aromatic N) is 2. The Balaban J connectivity index is 0.675. The van der Waals surface area contributed by atoms with E-state index in [1.165, 1.54) is 149 Å². The van der Waals surface area contributed by atoms with Crippen molar-refractivity contribution in [1.29, 1.82) is 0 Å². The van der Waals surface area contributed by atoms with Crippen molar-refractivity contribution in [3.8, 4) is 89.3 Å². The van der Waals surface area contributed by atoms with E-state index in [4.69, 9.17) is 0 Å². The number of rotatable bonds is 10. The molecule has 87 heavy (non-hydrogen) atoms. The molecule has 2 aromatic heterocycles. The third-order valence-corrected chi connectivity index (χ3v) is 18.4. The van der Waals surface area contributed by atoms with Crippen LogP contribution >= 0.6 is 0 Å². The molecule has 16 aromatic rings. The van der Waals surface area contributed by atoms with E-state index < -0.39 is 5.41 Å². The molecule has 14 aromatic carbocycles. The summed E-state index contributed by atoms with van der Waals surface area (Å²) in [6.07, 6.45) is 0. The summed E-state index contributed by atoms with van der Waals surface area (Å²) in [7, 11) is 0. The number of hydrogen-bond donors (Lipinski definition) is 0. The Kier molecular flexibility index (Phi) is 11.8. The van der Waals surface area contributed by atoms with Crippen molar-refractivity contribution in [2.45, 2.75) is 5.41 Å². The molecule has 0 spiro atoms. The number of para-hydroxylation sites is 3. The molecule has 0 saturated carbocycles. The first-order chi connectivity index (χ1) is 43.1. The van der Waals surface area contributed by atoms with E-state index in [1.54, 1.807) is 0 Å². The Morgan fingerprint density at radius 2 is 0.506 bits per heavy atom. The highest BCUT2D eigenvalue weighted by Gasteiger charge is 2.46. The van der Waals surface area contributed by atoms with Crippen LogP contribution in [-0.2, 0) is 5.41 Å². The Hall–Kier alpha value is -11.3. The van der Waals surface area contributed by atoms with Gasteiger partial charge in [-0.3, -0.25) is 0 Å². The van der Waals surface area contributed by atoms with Gasteiger partial charge in [-0.2, -0.15) is 0 Å². The Bertz CT molecular complexity index is 5270. The second-order valence-electron chi connectivity index (χ2n) is 23.2. The van der Waals surface area contributed by atoms with Crippen molar-refractivity contribution in [2.24, 2.45) is 0 Å². The van der Waals surface area contributed by atoms with Crippen molar-refractivity contribution < 1.29 is 0 Å². The highest BCUT2D eigenvalue weighted by molar-refractivity contribution is 6.13. The SMILES string of the molecule is c1ccc(-c2cccc(-c3cccc(C4(c5cccc(-c6ccc(-c7ccc(-c8cccc(-n9c%10ccccc%10c%10cc(-c%11ccc%12c(c%11)c%11ccccc%11n%12-c%11ccccc%11)ccc%109)c8)cc7)cc6)c5)c5ccccc5-c5ccccc54)c3)c2)cc1. The van der Waals surface area contributed by atoms with Gasteiger partial charge >= 0.3 is 0 Å². The van der Waals surface area contributed by atoms with Gasteiger partial charge in [0, 0.05) is 32.9 Å². The van der Waals surface area contributed by atoms with Crippen LogP contribution in [0, 0.1) is 0 Å². The van der Waals surface area contributed by atoms with Crippen LogP contribution in [0.15, 0.2) is 340 Å². The van der Waals surface area contributed by atoms with Crippen molar-refractivity contribution in [3.63, 3.8) is 0 Å².